The zero-order valence-electron chi connectivity index (χ0n) is 14.5. The summed E-state index contributed by atoms with van der Waals surface area (Å²) in [6.45, 7) is 0. The Morgan fingerprint density at radius 1 is 1.18 bits per heavy atom. The first kappa shape index (κ1) is 20.1. The molecule has 0 aromatic heterocycles. The predicted molar refractivity (Wildman–Crippen MR) is 102 cm³/mol. The fraction of sp³-hybridized carbons (Fsp3) is 0.200. The Balaban J connectivity index is 1.96. The lowest BCUT2D eigenvalue weighted by atomic mass is 9.96. The zero-order chi connectivity index (χ0) is 20.5. The zero-order valence-corrected chi connectivity index (χ0v) is 16.1. The molecule has 4 nitrogen and oxygen atoms in total. The monoisotopic (exact) mass is 449 g/mol. The number of ketones is 1. The Bertz CT molecular complexity index is 1010. The Morgan fingerprint density at radius 2 is 1.93 bits per heavy atom. The van der Waals surface area contributed by atoms with E-state index >= 15 is 0 Å². The van der Waals surface area contributed by atoms with Crippen molar-refractivity contribution in [1.82, 2.24) is 0 Å². The van der Waals surface area contributed by atoms with Crippen LogP contribution in [0.5, 0.6) is 0 Å². The van der Waals surface area contributed by atoms with Crippen molar-refractivity contribution in [3.8, 4) is 6.07 Å². The van der Waals surface area contributed by atoms with Crippen LogP contribution in [0.3, 0.4) is 0 Å². The SMILES string of the molecule is N#Cc1ccc(C(N)C2=C(Nc3cccc(C(F)(F)F)c3)CCC2=O)c(Br)c1. The third kappa shape index (κ3) is 4.11. The Kier molecular flexibility index (Phi) is 5.59. The minimum Gasteiger partial charge on any atom is -0.358 e. The molecule has 1 atom stereocenters. The lowest BCUT2D eigenvalue weighted by Crippen LogP contribution is -2.20. The molecule has 3 rings (SSSR count). The van der Waals surface area contributed by atoms with Gasteiger partial charge in [0.2, 0.25) is 0 Å². The van der Waals surface area contributed by atoms with E-state index in [0.29, 0.717) is 33.3 Å². The number of Topliss-reactive ketones (excluding diaryl/α,β-unsaturated/α-hetero) is 1. The summed E-state index contributed by atoms with van der Waals surface area (Å²) in [5.41, 5.74) is 7.68. The molecule has 0 amide bonds. The largest absolute Gasteiger partial charge is 0.416 e. The molecule has 0 spiro atoms. The molecule has 2 aromatic carbocycles. The van der Waals surface area contributed by atoms with Crippen molar-refractivity contribution in [2.75, 3.05) is 5.32 Å². The molecule has 0 fully saturated rings. The minimum absolute atomic E-state index is 0.154. The number of carbonyl (C=O) groups excluding carboxylic acids is 1. The van der Waals surface area contributed by atoms with Gasteiger partial charge in [0.05, 0.1) is 23.2 Å². The first-order chi connectivity index (χ1) is 13.2. The maximum atomic E-state index is 12.9. The number of hydrogen-bond acceptors (Lipinski definition) is 4. The van der Waals surface area contributed by atoms with Crippen LogP contribution in [0.2, 0.25) is 0 Å². The van der Waals surface area contributed by atoms with Crippen LogP contribution < -0.4 is 11.1 Å². The molecule has 0 aliphatic heterocycles. The van der Waals surface area contributed by atoms with E-state index in [0.717, 1.165) is 12.1 Å². The van der Waals surface area contributed by atoms with Crippen LogP contribution in [0.25, 0.3) is 0 Å². The number of alkyl halides is 3. The van der Waals surface area contributed by atoms with Crippen molar-refractivity contribution >= 4 is 27.4 Å². The summed E-state index contributed by atoms with van der Waals surface area (Å²) in [4.78, 5) is 12.4. The van der Waals surface area contributed by atoms with Gasteiger partial charge in [0, 0.05) is 27.9 Å². The van der Waals surface area contributed by atoms with E-state index in [9.17, 15) is 18.0 Å². The lowest BCUT2D eigenvalue weighted by Gasteiger charge is -2.18. The predicted octanol–water partition coefficient (Wildman–Crippen LogP) is 5.07. The van der Waals surface area contributed by atoms with Gasteiger partial charge in [-0.05, 0) is 42.3 Å². The summed E-state index contributed by atoms with van der Waals surface area (Å²) in [7, 11) is 0. The van der Waals surface area contributed by atoms with Crippen LogP contribution in [-0.2, 0) is 11.0 Å². The number of allylic oxidation sites excluding steroid dienone is 1. The van der Waals surface area contributed by atoms with Gasteiger partial charge in [-0.1, -0.05) is 28.1 Å². The van der Waals surface area contributed by atoms with Crippen molar-refractivity contribution < 1.29 is 18.0 Å². The minimum atomic E-state index is -4.45. The molecule has 0 heterocycles. The molecule has 0 bridgehead atoms. The quantitative estimate of drug-likeness (QED) is 0.682. The first-order valence-corrected chi connectivity index (χ1v) is 9.15. The van der Waals surface area contributed by atoms with E-state index in [2.05, 4.69) is 21.2 Å². The number of nitriles is 1. The van der Waals surface area contributed by atoms with Gasteiger partial charge in [0.15, 0.2) is 5.78 Å². The van der Waals surface area contributed by atoms with Crippen molar-refractivity contribution in [1.29, 1.82) is 5.26 Å². The van der Waals surface area contributed by atoms with E-state index < -0.39 is 17.8 Å². The summed E-state index contributed by atoms with van der Waals surface area (Å²) in [5, 5.41) is 11.9. The molecule has 1 unspecified atom stereocenters. The first-order valence-electron chi connectivity index (χ1n) is 8.36. The molecule has 0 radical (unpaired) electrons. The highest BCUT2D eigenvalue weighted by Crippen LogP contribution is 2.36. The van der Waals surface area contributed by atoms with E-state index in [1.807, 2.05) is 6.07 Å². The number of nitrogens with zero attached hydrogens (tertiary/aromatic N) is 1. The molecule has 0 saturated heterocycles. The fourth-order valence-corrected chi connectivity index (χ4v) is 3.74. The van der Waals surface area contributed by atoms with Gasteiger partial charge < -0.3 is 11.1 Å². The second-order valence-corrected chi connectivity index (χ2v) is 7.20. The average Bonchev–Trinajstić information content (AvgIpc) is 3.00. The molecule has 1 aliphatic rings. The van der Waals surface area contributed by atoms with Crippen LogP contribution in [0.15, 0.2) is 58.2 Å². The fourth-order valence-electron chi connectivity index (χ4n) is 3.12. The standard InChI is InChI=1S/C20H15BrF3N3O/c21-15-8-11(10-25)4-5-14(15)19(26)18-16(6-7-17(18)28)27-13-3-1-2-12(9-13)20(22,23)24/h1-5,8-9,19,27H,6-7,26H2. The van der Waals surface area contributed by atoms with Crippen molar-refractivity contribution in [3.63, 3.8) is 0 Å². The molecule has 28 heavy (non-hydrogen) atoms. The number of carbonyl (C=O) groups is 1. The van der Waals surface area contributed by atoms with Gasteiger partial charge in [0.1, 0.15) is 0 Å². The Hall–Kier alpha value is -2.63. The maximum Gasteiger partial charge on any atom is 0.416 e. The van der Waals surface area contributed by atoms with Crippen LogP contribution in [-0.4, -0.2) is 5.78 Å². The normalized spacial score (nSPS) is 15.5. The number of anilines is 1. The number of rotatable bonds is 4. The summed E-state index contributed by atoms with van der Waals surface area (Å²) >= 11 is 3.36. The second-order valence-electron chi connectivity index (χ2n) is 6.34. The van der Waals surface area contributed by atoms with E-state index in [1.54, 1.807) is 18.2 Å². The molecule has 0 saturated carbocycles. The van der Waals surface area contributed by atoms with E-state index in [1.165, 1.54) is 12.1 Å². The second kappa shape index (κ2) is 7.78. The number of hydrogen-bond donors (Lipinski definition) is 2. The van der Waals surface area contributed by atoms with Crippen molar-refractivity contribution in [2.24, 2.45) is 5.73 Å². The van der Waals surface area contributed by atoms with Crippen LogP contribution in [0.4, 0.5) is 18.9 Å². The number of benzene rings is 2. The van der Waals surface area contributed by atoms with Gasteiger partial charge in [-0.2, -0.15) is 18.4 Å². The molecule has 3 N–H and O–H groups in total. The molecule has 8 heteroatoms. The highest BCUT2D eigenvalue weighted by atomic mass is 79.9. The smallest absolute Gasteiger partial charge is 0.358 e. The lowest BCUT2D eigenvalue weighted by molar-refractivity contribution is -0.137. The Labute approximate surface area is 168 Å². The number of nitrogens with two attached hydrogens (primary N) is 1. The molecule has 144 valence electrons. The molecule has 1 aliphatic carbocycles. The average molecular weight is 450 g/mol. The summed E-state index contributed by atoms with van der Waals surface area (Å²) in [5.74, 6) is -0.154. The van der Waals surface area contributed by atoms with Gasteiger partial charge >= 0.3 is 6.18 Å². The summed E-state index contributed by atoms with van der Waals surface area (Å²) in [6.07, 6.45) is -3.85. The summed E-state index contributed by atoms with van der Waals surface area (Å²) < 4.78 is 39.4. The van der Waals surface area contributed by atoms with Crippen LogP contribution in [0, 0.1) is 11.3 Å². The third-order valence-electron chi connectivity index (χ3n) is 4.49. The third-order valence-corrected chi connectivity index (χ3v) is 5.18. The maximum absolute atomic E-state index is 12.9. The number of nitrogens with one attached hydrogen (secondary N) is 1. The van der Waals surface area contributed by atoms with Gasteiger partial charge in [0.25, 0.3) is 0 Å². The topological polar surface area (TPSA) is 78.9 Å². The van der Waals surface area contributed by atoms with Crippen LogP contribution in [0.1, 0.15) is 35.6 Å². The highest BCUT2D eigenvalue weighted by molar-refractivity contribution is 9.10. The van der Waals surface area contributed by atoms with Gasteiger partial charge in [-0.3, -0.25) is 4.79 Å². The molecular formula is C20H15BrF3N3O. The highest BCUT2D eigenvalue weighted by Gasteiger charge is 2.32. The molecular weight excluding hydrogens is 435 g/mol. The van der Waals surface area contributed by atoms with Gasteiger partial charge in [-0.25, -0.2) is 0 Å². The van der Waals surface area contributed by atoms with Gasteiger partial charge in [-0.15, -0.1) is 0 Å². The Morgan fingerprint density at radius 3 is 2.57 bits per heavy atom. The summed E-state index contributed by atoms with van der Waals surface area (Å²) in [6, 6.07) is 10.9. The van der Waals surface area contributed by atoms with Crippen LogP contribution >= 0.6 is 15.9 Å². The number of halogens is 4. The molecule has 2 aromatic rings. The van der Waals surface area contributed by atoms with Crippen molar-refractivity contribution in [2.45, 2.75) is 25.1 Å². The van der Waals surface area contributed by atoms with E-state index in [-0.39, 0.29) is 17.9 Å². The van der Waals surface area contributed by atoms with Crippen molar-refractivity contribution in [3.05, 3.63) is 74.9 Å². The van der Waals surface area contributed by atoms with E-state index in [4.69, 9.17) is 11.0 Å².